The highest BCUT2D eigenvalue weighted by molar-refractivity contribution is 7.12. The normalized spacial score (nSPS) is 18.7. The van der Waals surface area contributed by atoms with Gasteiger partial charge in [-0.1, -0.05) is 0 Å². The Balaban J connectivity index is 1.60. The number of carbonyl (C=O) groups is 1. The van der Waals surface area contributed by atoms with Gasteiger partial charge in [0.05, 0.1) is 23.0 Å². The van der Waals surface area contributed by atoms with Crippen LogP contribution in [0, 0.1) is 12.8 Å². The van der Waals surface area contributed by atoms with Gasteiger partial charge < -0.3 is 10.6 Å². The molecule has 1 fully saturated rings. The van der Waals surface area contributed by atoms with Crippen LogP contribution in [0.25, 0.3) is 0 Å². The monoisotopic (exact) mass is 330 g/mol. The first-order valence-electron chi connectivity index (χ1n) is 8.03. The van der Waals surface area contributed by atoms with Crippen LogP contribution in [0.15, 0.2) is 23.8 Å². The summed E-state index contributed by atoms with van der Waals surface area (Å²) >= 11 is 1.54. The SMILES string of the molecule is Cc1ccsc1C(=O)N1CCC[C@H](Cc2cnc(N)cn2)CC1. The molecule has 2 N–H and O–H groups in total. The second kappa shape index (κ2) is 7.08. The summed E-state index contributed by atoms with van der Waals surface area (Å²) in [7, 11) is 0. The average molecular weight is 330 g/mol. The van der Waals surface area contributed by atoms with E-state index in [1.807, 2.05) is 23.3 Å². The molecule has 0 aromatic carbocycles. The lowest BCUT2D eigenvalue weighted by Crippen LogP contribution is -2.31. The molecule has 1 saturated heterocycles. The molecular formula is C17H22N4OS. The molecule has 0 saturated carbocycles. The van der Waals surface area contributed by atoms with Crippen molar-refractivity contribution in [1.29, 1.82) is 0 Å². The predicted octanol–water partition coefficient (Wildman–Crippen LogP) is 2.91. The molecule has 2 aromatic heterocycles. The van der Waals surface area contributed by atoms with Gasteiger partial charge in [0.15, 0.2) is 0 Å². The summed E-state index contributed by atoms with van der Waals surface area (Å²) in [5.41, 5.74) is 7.64. The molecule has 1 aliphatic heterocycles. The molecule has 0 unspecified atom stereocenters. The van der Waals surface area contributed by atoms with E-state index < -0.39 is 0 Å². The first kappa shape index (κ1) is 15.9. The van der Waals surface area contributed by atoms with Gasteiger partial charge in [-0.05, 0) is 55.5 Å². The molecule has 0 radical (unpaired) electrons. The van der Waals surface area contributed by atoms with E-state index in [4.69, 9.17) is 5.73 Å². The third-order valence-corrected chi connectivity index (χ3v) is 5.42. The Labute approximate surface area is 140 Å². The number of likely N-dealkylation sites (tertiary alicyclic amines) is 1. The fraction of sp³-hybridized carbons (Fsp3) is 0.471. The van der Waals surface area contributed by atoms with E-state index in [0.29, 0.717) is 11.7 Å². The minimum atomic E-state index is 0.186. The number of hydrogen-bond acceptors (Lipinski definition) is 5. The van der Waals surface area contributed by atoms with Crippen molar-refractivity contribution in [2.75, 3.05) is 18.8 Å². The van der Waals surface area contributed by atoms with Gasteiger partial charge >= 0.3 is 0 Å². The number of nitrogens with zero attached hydrogens (tertiary/aromatic N) is 3. The van der Waals surface area contributed by atoms with Crippen LogP contribution in [-0.4, -0.2) is 33.9 Å². The van der Waals surface area contributed by atoms with Gasteiger partial charge in [-0.3, -0.25) is 9.78 Å². The van der Waals surface area contributed by atoms with Crippen molar-refractivity contribution < 1.29 is 4.79 Å². The zero-order valence-electron chi connectivity index (χ0n) is 13.4. The molecule has 1 aliphatic rings. The van der Waals surface area contributed by atoms with Crippen molar-refractivity contribution >= 4 is 23.1 Å². The Bertz CT molecular complexity index is 667. The van der Waals surface area contributed by atoms with Crippen LogP contribution in [0.2, 0.25) is 0 Å². The Hall–Kier alpha value is -1.95. The topological polar surface area (TPSA) is 72.1 Å². The fourth-order valence-electron chi connectivity index (χ4n) is 3.07. The maximum atomic E-state index is 12.6. The van der Waals surface area contributed by atoms with Crippen molar-refractivity contribution in [2.45, 2.75) is 32.6 Å². The molecule has 23 heavy (non-hydrogen) atoms. The Morgan fingerprint density at radius 3 is 2.91 bits per heavy atom. The molecule has 1 atom stereocenters. The minimum Gasteiger partial charge on any atom is -0.382 e. The van der Waals surface area contributed by atoms with Crippen molar-refractivity contribution in [3.05, 3.63) is 40.0 Å². The van der Waals surface area contributed by atoms with E-state index in [2.05, 4.69) is 9.97 Å². The van der Waals surface area contributed by atoms with Gasteiger partial charge in [-0.15, -0.1) is 11.3 Å². The maximum Gasteiger partial charge on any atom is 0.264 e. The van der Waals surface area contributed by atoms with Crippen LogP contribution < -0.4 is 5.73 Å². The molecule has 1 amide bonds. The van der Waals surface area contributed by atoms with Crippen molar-refractivity contribution in [3.8, 4) is 0 Å². The number of aromatic nitrogens is 2. The van der Waals surface area contributed by atoms with Crippen molar-refractivity contribution in [3.63, 3.8) is 0 Å². The smallest absolute Gasteiger partial charge is 0.264 e. The number of thiophene rings is 1. The quantitative estimate of drug-likeness (QED) is 0.939. The lowest BCUT2D eigenvalue weighted by Gasteiger charge is -2.20. The molecule has 2 aromatic rings. The Morgan fingerprint density at radius 1 is 1.35 bits per heavy atom. The Morgan fingerprint density at radius 2 is 2.22 bits per heavy atom. The van der Waals surface area contributed by atoms with Gasteiger partial charge in [0, 0.05) is 13.1 Å². The summed E-state index contributed by atoms with van der Waals surface area (Å²) in [6, 6.07) is 2.01. The van der Waals surface area contributed by atoms with Crippen molar-refractivity contribution in [2.24, 2.45) is 5.92 Å². The summed E-state index contributed by atoms with van der Waals surface area (Å²) in [5.74, 6) is 1.19. The molecule has 6 heteroatoms. The van der Waals surface area contributed by atoms with Gasteiger partial charge in [-0.25, -0.2) is 4.98 Å². The third kappa shape index (κ3) is 3.88. The van der Waals surface area contributed by atoms with Crippen LogP contribution in [0.5, 0.6) is 0 Å². The molecule has 5 nitrogen and oxygen atoms in total. The van der Waals surface area contributed by atoms with E-state index in [0.717, 1.165) is 54.9 Å². The molecule has 0 aliphatic carbocycles. The first-order chi connectivity index (χ1) is 11.1. The first-order valence-corrected chi connectivity index (χ1v) is 8.91. The molecule has 122 valence electrons. The molecule has 0 bridgehead atoms. The summed E-state index contributed by atoms with van der Waals surface area (Å²) < 4.78 is 0. The fourth-order valence-corrected chi connectivity index (χ4v) is 3.97. The van der Waals surface area contributed by atoms with E-state index in [1.54, 1.807) is 23.7 Å². The highest BCUT2D eigenvalue weighted by Crippen LogP contribution is 2.24. The van der Waals surface area contributed by atoms with Crippen LogP contribution in [0.1, 0.15) is 40.2 Å². The zero-order chi connectivity index (χ0) is 16.2. The standard InChI is InChI=1S/C17H22N4OS/c1-12-5-8-23-16(12)17(22)21-6-2-3-13(4-7-21)9-14-10-20-15(18)11-19-14/h5,8,10-11,13H,2-4,6-7,9H2,1H3,(H2,18,20)/t13-/m0/s1. The second-order valence-electron chi connectivity index (χ2n) is 6.16. The van der Waals surface area contributed by atoms with Gasteiger partial charge in [0.1, 0.15) is 5.82 Å². The van der Waals surface area contributed by atoms with Crippen LogP contribution in [0.3, 0.4) is 0 Å². The maximum absolute atomic E-state index is 12.6. The highest BCUT2D eigenvalue weighted by Gasteiger charge is 2.23. The summed E-state index contributed by atoms with van der Waals surface area (Å²) in [4.78, 5) is 24.0. The lowest BCUT2D eigenvalue weighted by atomic mass is 9.95. The number of nitrogens with two attached hydrogens (primary N) is 1. The van der Waals surface area contributed by atoms with Crippen LogP contribution >= 0.6 is 11.3 Å². The predicted molar refractivity (Wildman–Crippen MR) is 92.4 cm³/mol. The van der Waals surface area contributed by atoms with E-state index >= 15 is 0 Å². The summed E-state index contributed by atoms with van der Waals surface area (Å²) in [6.45, 7) is 3.67. The lowest BCUT2D eigenvalue weighted by molar-refractivity contribution is 0.0764. The molecule has 3 rings (SSSR count). The molecule has 3 heterocycles. The number of hydrogen-bond donors (Lipinski definition) is 1. The largest absolute Gasteiger partial charge is 0.382 e. The minimum absolute atomic E-state index is 0.186. The second-order valence-corrected chi connectivity index (χ2v) is 7.07. The van der Waals surface area contributed by atoms with E-state index in [1.165, 1.54) is 0 Å². The Kier molecular flexibility index (Phi) is 4.91. The highest BCUT2D eigenvalue weighted by atomic mass is 32.1. The van der Waals surface area contributed by atoms with E-state index in [-0.39, 0.29) is 5.91 Å². The number of rotatable bonds is 3. The number of aryl methyl sites for hydroxylation is 1. The van der Waals surface area contributed by atoms with E-state index in [9.17, 15) is 4.79 Å². The zero-order valence-corrected chi connectivity index (χ0v) is 14.2. The summed E-state index contributed by atoms with van der Waals surface area (Å²) in [6.07, 6.45) is 7.47. The van der Waals surface area contributed by atoms with Crippen LogP contribution in [0.4, 0.5) is 5.82 Å². The van der Waals surface area contributed by atoms with Crippen molar-refractivity contribution in [1.82, 2.24) is 14.9 Å². The molecular weight excluding hydrogens is 308 g/mol. The number of amides is 1. The average Bonchev–Trinajstić information content (AvgIpc) is 2.84. The molecule has 0 spiro atoms. The van der Waals surface area contributed by atoms with Gasteiger partial charge in [-0.2, -0.15) is 0 Å². The van der Waals surface area contributed by atoms with Crippen LogP contribution in [-0.2, 0) is 6.42 Å². The number of nitrogen functional groups attached to an aromatic ring is 1. The van der Waals surface area contributed by atoms with Gasteiger partial charge in [0.25, 0.3) is 5.91 Å². The summed E-state index contributed by atoms with van der Waals surface area (Å²) in [5, 5.41) is 1.99. The number of carbonyl (C=O) groups excluding carboxylic acids is 1. The number of anilines is 1. The van der Waals surface area contributed by atoms with Gasteiger partial charge in [0.2, 0.25) is 0 Å². The third-order valence-electron chi connectivity index (χ3n) is 4.41.